The van der Waals surface area contributed by atoms with Crippen molar-refractivity contribution in [1.82, 2.24) is 10.2 Å². The molecule has 0 bridgehead atoms. The molecule has 21 heavy (non-hydrogen) atoms. The van der Waals surface area contributed by atoms with E-state index < -0.39 is 0 Å². The molecular weight excluding hydrogens is 260 g/mol. The first kappa shape index (κ1) is 14.6. The maximum Gasteiger partial charge on any atom is 0.226 e. The predicted octanol–water partition coefficient (Wildman–Crippen LogP) is 3.13. The van der Waals surface area contributed by atoms with Crippen LogP contribution in [0.3, 0.4) is 0 Å². The van der Waals surface area contributed by atoms with Gasteiger partial charge in [-0.3, -0.25) is 4.79 Å². The van der Waals surface area contributed by atoms with Gasteiger partial charge in [0, 0.05) is 31.1 Å². The van der Waals surface area contributed by atoms with Crippen LogP contribution in [-0.4, -0.2) is 29.9 Å². The van der Waals surface area contributed by atoms with E-state index in [0.29, 0.717) is 11.9 Å². The zero-order valence-electron chi connectivity index (χ0n) is 12.9. The molecule has 1 saturated heterocycles. The molecule has 1 aliphatic carbocycles. The zero-order valence-corrected chi connectivity index (χ0v) is 12.9. The highest BCUT2D eigenvalue weighted by atomic mass is 16.2. The normalized spacial score (nSPS) is 27.6. The van der Waals surface area contributed by atoms with Gasteiger partial charge in [0.1, 0.15) is 0 Å². The van der Waals surface area contributed by atoms with E-state index in [-0.39, 0.29) is 12.0 Å². The number of carbonyl (C=O) groups excluding carboxylic acids is 1. The number of nitrogens with zero attached hydrogens (tertiary/aromatic N) is 1. The largest absolute Gasteiger partial charge is 0.337 e. The Labute approximate surface area is 127 Å². The minimum Gasteiger partial charge on any atom is -0.337 e. The van der Waals surface area contributed by atoms with Gasteiger partial charge in [-0.05, 0) is 25.3 Å². The Morgan fingerprint density at radius 1 is 1.14 bits per heavy atom. The number of benzene rings is 1. The molecule has 2 atom stereocenters. The minimum atomic E-state index is 0.273. The third-order valence-corrected chi connectivity index (χ3v) is 5.01. The molecule has 1 amide bonds. The average Bonchev–Trinajstić information content (AvgIpc) is 2.56. The smallest absolute Gasteiger partial charge is 0.226 e. The van der Waals surface area contributed by atoms with Gasteiger partial charge in [-0.1, -0.05) is 49.6 Å². The first-order valence-corrected chi connectivity index (χ1v) is 8.34. The monoisotopic (exact) mass is 286 g/mol. The number of piperazine rings is 1. The van der Waals surface area contributed by atoms with Crippen molar-refractivity contribution >= 4 is 5.91 Å². The van der Waals surface area contributed by atoms with Crippen molar-refractivity contribution in [2.24, 2.45) is 5.92 Å². The highest BCUT2D eigenvalue weighted by molar-refractivity contribution is 5.79. The summed E-state index contributed by atoms with van der Waals surface area (Å²) in [6, 6.07) is 11.1. The second-order valence-corrected chi connectivity index (χ2v) is 6.55. The van der Waals surface area contributed by atoms with Gasteiger partial charge in [0.15, 0.2) is 0 Å². The van der Waals surface area contributed by atoms with E-state index in [1.54, 1.807) is 0 Å². The topological polar surface area (TPSA) is 32.3 Å². The summed E-state index contributed by atoms with van der Waals surface area (Å²) in [6.45, 7) is 3.85. The fraction of sp³-hybridized carbons (Fsp3) is 0.611. The van der Waals surface area contributed by atoms with Crippen LogP contribution >= 0.6 is 0 Å². The van der Waals surface area contributed by atoms with E-state index in [1.165, 1.54) is 24.8 Å². The average molecular weight is 286 g/mol. The highest BCUT2D eigenvalue weighted by Crippen LogP contribution is 2.28. The summed E-state index contributed by atoms with van der Waals surface area (Å²) in [5.41, 5.74) is 1.28. The van der Waals surface area contributed by atoms with Gasteiger partial charge >= 0.3 is 0 Å². The van der Waals surface area contributed by atoms with Crippen molar-refractivity contribution in [3.8, 4) is 0 Å². The van der Waals surface area contributed by atoms with Gasteiger partial charge in [0.25, 0.3) is 0 Å². The molecule has 1 aromatic carbocycles. The number of hydrogen-bond acceptors (Lipinski definition) is 2. The molecule has 1 N–H and O–H groups in total. The van der Waals surface area contributed by atoms with Crippen molar-refractivity contribution < 1.29 is 4.79 Å². The third kappa shape index (κ3) is 3.29. The van der Waals surface area contributed by atoms with Crippen molar-refractivity contribution in [1.29, 1.82) is 0 Å². The Bertz CT molecular complexity index is 467. The maximum atomic E-state index is 12.8. The lowest BCUT2D eigenvalue weighted by atomic mass is 9.87. The summed E-state index contributed by atoms with van der Waals surface area (Å²) >= 11 is 0. The van der Waals surface area contributed by atoms with Crippen LogP contribution < -0.4 is 5.32 Å². The van der Waals surface area contributed by atoms with Crippen LogP contribution in [0.15, 0.2) is 30.3 Å². The molecule has 3 rings (SSSR count). The molecule has 1 aliphatic heterocycles. The molecular formula is C18H26N2O. The fourth-order valence-corrected chi connectivity index (χ4v) is 3.66. The van der Waals surface area contributed by atoms with Gasteiger partial charge in [-0.25, -0.2) is 0 Å². The number of rotatable bonds is 2. The van der Waals surface area contributed by atoms with E-state index in [1.807, 2.05) is 6.07 Å². The first-order chi connectivity index (χ1) is 10.3. The lowest BCUT2D eigenvalue weighted by molar-refractivity contribution is -0.140. The fourth-order valence-electron chi connectivity index (χ4n) is 3.66. The molecule has 0 aromatic heterocycles. The molecule has 0 radical (unpaired) electrons. The van der Waals surface area contributed by atoms with Crippen LogP contribution in [-0.2, 0) is 4.79 Å². The van der Waals surface area contributed by atoms with Crippen LogP contribution in [0, 0.1) is 5.92 Å². The van der Waals surface area contributed by atoms with Crippen LogP contribution in [0.25, 0.3) is 0 Å². The Morgan fingerprint density at radius 2 is 1.86 bits per heavy atom. The number of carbonyl (C=O) groups is 1. The molecule has 1 saturated carbocycles. The molecule has 3 heteroatoms. The van der Waals surface area contributed by atoms with E-state index in [4.69, 9.17) is 0 Å². The van der Waals surface area contributed by atoms with Crippen LogP contribution in [0.1, 0.15) is 50.6 Å². The van der Waals surface area contributed by atoms with Crippen molar-refractivity contribution in [2.45, 2.75) is 51.1 Å². The van der Waals surface area contributed by atoms with Gasteiger partial charge in [0.2, 0.25) is 5.91 Å². The Kier molecular flexibility index (Phi) is 4.59. The second-order valence-electron chi connectivity index (χ2n) is 6.55. The number of nitrogens with one attached hydrogen (secondary N) is 1. The van der Waals surface area contributed by atoms with Crippen molar-refractivity contribution in [3.63, 3.8) is 0 Å². The lowest BCUT2D eigenvalue weighted by Gasteiger charge is -2.41. The Morgan fingerprint density at radius 3 is 2.57 bits per heavy atom. The quantitative estimate of drug-likeness (QED) is 0.906. The lowest BCUT2D eigenvalue weighted by Crippen LogP contribution is -2.55. The Balaban J connectivity index is 1.69. The number of hydrogen-bond donors (Lipinski definition) is 1. The summed E-state index contributed by atoms with van der Waals surface area (Å²) in [5.74, 6) is 0.667. The van der Waals surface area contributed by atoms with Gasteiger partial charge in [0.05, 0.1) is 0 Å². The summed E-state index contributed by atoms with van der Waals surface area (Å²) in [7, 11) is 0. The van der Waals surface area contributed by atoms with Crippen LogP contribution in [0.5, 0.6) is 0 Å². The molecule has 0 spiro atoms. The molecule has 114 valence electrons. The SMILES string of the molecule is CC1CNC(c2ccccc2)CN1C(=O)C1CCCCC1. The van der Waals surface area contributed by atoms with Crippen molar-refractivity contribution in [3.05, 3.63) is 35.9 Å². The standard InChI is InChI=1S/C18H26N2O/c1-14-12-19-17(15-8-4-2-5-9-15)13-20(14)18(21)16-10-6-3-7-11-16/h2,4-5,8-9,14,16-17,19H,3,6-7,10-13H2,1H3. The summed E-state index contributed by atoms with van der Waals surface area (Å²) in [4.78, 5) is 15.0. The molecule has 2 aliphatic rings. The zero-order chi connectivity index (χ0) is 14.7. The van der Waals surface area contributed by atoms with E-state index >= 15 is 0 Å². The third-order valence-electron chi connectivity index (χ3n) is 5.01. The summed E-state index contributed by atoms with van der Waals surface area (Å²) in [5, 5.41) is 3.58. The molecule has 1 heterocycles. The second kappa shape index (κ2) is 6.61. The van der Waals surface area contributed by atoms with E-state index in [9.17, 15) is 4.79 Å². The van der Waals surface area contributed by atoms with Gasteiger partial charge in [-0.2, -0.15) is 0 Å². The first-order valence-electron chi connectivity index (χ1n) is 8.34. The van der Waals surface area contributed by atoms with Crippen LogP contribution in [0.4, 0.5) is 0 Å². The molecule has 3 nitrogen and oxygen atoms in total. The summed E-state index contributed by atoms with van der Waals surface area (Å²) < 4.78 is 0. The molecule has 1 aromatic rings. The molecule has 2 fully saturated rings. The van der Waals surface area contributed by atoms with E-state index in [2.05, 4.69) is 41.4 Å². The minimum absolute atomic E-state index is 0.273. The van der Waals surface area contributed by atoms with E-state index in [0.717, 1.165) is 25.9 Å². The van der Waals surface area contributed by atoms with Crippen LogP contribution in [0.2, 0.25) is 0 Å². The van der Waals surface area contributed by atoms with Gasteiger partial charge < -0.3 is 10.2 Å². The van der Waals surface area contributed by atoms with Crippen molar-refractivity contribution in [2.75, 3.05) is 13.1 Å². The van der Waals surface area contributed by atoms with Gasteiger partial charge in [-0.15, -0.1) is 0 Å². The number of amides is 1. The predicted molar refractivity (Wildman–Crippen MR) is 84.9 cm³/mol. The maximum absolute atomic E-state index is 12.8. The molecule has 2 unspecified atom stereocenters. The highest BCUT2D eigenvalue weighted by Gasteiger charge is 2.33. The Hall–Kier alpha value is -1.35. The summed E-state index contributed by atoms with van der Waals surface area (Å²) in [6.07, 6.45) is 5.92.